The molecule has 146 valence electrons. The number of nitrogens with zero attached hydrogens (tertiary/aromatic N) is 3. The van der Waals surface area contributed by atoms with Crippen molar-refractivity contribution in [2.24, 2.45) is 0 Å². The molecule has 3 heterocycles. The minimum Gasteiger partial charge on any atom is -0.352 e. The third-order valence-corrected chi connectivity index (χ3v) is 4.97. The molecule has 1 N–H and O–H groups in total. The molecular formula is C23H21FN4O. The highest BCUT2D eigenvalue weighted by atomic mass is 19.1. The Balaban J connectivity index is 1.64. The van der Waals surface area contributed by atoms with Gasteiger partial charge in [-0.05, 0) is 47.9 Å². The molecule has 0 aliphatic carbocycles. The van der Waals surface area contributed by atoms with Crippen molar-refractivity contribution >= 4 is 11.6 Å². The molecule has 4 rings (SSSR count). The van der Waals surface area contributed by atoms with Gasteiger partial charge < -0.3 is 9.72 Å². The Bertz CT molecular complexity index is 1140. The van der Waals surface area contributed by atoms with Crippen LogP contribution in [-0.2, 0) is 11.3 Å². The van der Waals surface area contributed by atoms with Crippen molar-refractivity contribution in [3.8, 4) is 0 Å². The Labute approximate surface area is 168 Å². The summed E-state index contributed by atoms with van der Waals surface area (Å²) in [5, 5.41) is 2.93. The van der Waals surface area contributed by atoms with Crippen LogP contribution < -0.4 is 5.32 Å². The number of nitrogens with one attached hydrogen (secondary N) is 1. The third kappa shape index (κ3) is 4.16. The van der Waals surface area contributed by atoms with Crippen LogP contribution in [-0.4, -0.2) is 20.3 Å². The van der Waals surface area contributed by atoms with Gasteiger partial charge in [0.15, 0.2) is 0 Å². The van der Waals surface area contributed by atoms with Crippen LogP contribution in [0.4, 0.5) is 4.39 Å². The number of aryl methyl sites for hydroxylation is 1. The maximum absolute atomic E-state index is 13.9. The standard InChI is InChI=1S/C23H21FN4O/c1-16-5-4-10-28-21(15-27-23(16)28)20(18-7-2-8-19(24)11-18)12-22(29)26-14-17-6-3-9-25-13-17/h2-11,13,15,20H,12,14H2,1H3,(H,26,29). The van der Waals surface area contributed by atoms with Crippen molar-refractivity contribution in [3.05, 3.63) is 102 Å². The second-order valence-corrected chi connectivity index (χ2v) is 7.02. The van der Waals surface area contributed by atoms with E-state index in [-0.39, 0.29) is 24.1 Å². The third-order valence-electron chi connectivity index (χ3n) is 4.97. The van der Waals surface area contributed by atoms with E-state index in [0.29, 0.717) is 6.54 Å². The fourth-order valence-electron chi connectivity index (χ4n) is 3.51. The molecule has 0 saturated heterocycles. The van der Waals surface area contributed by atoms with Crippen LogP contribution in [0.15, 0.2) is 73.3 Å². The van der Waals surface area contributed by atoms with Crippen molar-refractivity contribution in [2.45, 2.75) is 25.8 Å². The zero-order chi connectivity index (χ0) is 20.2. The van der Waals surface area contributed by atoms with Crippen LogP contribution in [0.25, 0.3) is 5.65 Å². The number of rotatable bonds is 6. The van der Waals surface area contributed by atoms with E-state index in [1.165, 1.54) is 12.1 Å². The number of hydrogen-bond donors (Lipinski definition) is 1. The van der Waals surface area contributed by atoms with Crippen LogP contribution in [0.2, 0.25) is 0 Å². The largest absolute Gasteiger partial charge is 0.352 e. The SMILES string of the molecule is Cc1cccn2c(C(CC(=O)NCc3cccnc3)c3cccc(F)c3)cnc12. The first kappa shape index (κ1) is 18.8. The van der Waals surface area contributed by atoms with Gasteiger partial charge in [0.05, 0.1) is 5.69 Å². The molecular weight excluding hydrogens is 367 g/mol. The minimum absolute atomic E-state index is 0.120. The summed E-state index contributed by atoms with van der Waals surface area (Å²) in [5.41, 5.74) is 4.39. The van der Waals surface area contributed by atoms with Crippen molar-refractivity contribution in [2.75, 3.05) is 0 Å². The molecule has 1 aromatic carbocycles. The van der Waals surface area contributed by atoms with Crippen molar-refractivity contribution < 1.29 is 9.18 Å². The van der Waals surface area contributed by atoms with E-state index in [1.54, 1.807) is 24.7 Å². The first-order valence-corrected chi connectivity index (χ1v) is 9.45. The summed E-state index contributed by atoms with van der Waals surface area (Å²) < 4.78 is 15.9. The number of amides is 1. The molecule has 0 bridgehead atoms. The minimum atomic E-state index is -0.326. The summed E-state index contributed by atoms with van der Waals surface area (Å²) in [4.78, 5) is 21.3. The van der Waals surface area contributed by atoms with Crippen molar-refractivity contribution in [1.82, 2.24) is 19.7 Å². The van der Waals surface area contributed by atoms with Gasteiger partial charge in [0.2, 0.25) is 5.91 Å². The highest BCUT2D eigenvalue weighted by Crippen LogP contribution is 2.29. The lowest BCUT2D eigenvalue weighted by molar-refractivity contribution is -0.121. The number of imidazole rings is 1. The summed E-state index contributed by atoms with van der Waals surface area (Å²) >= 11 is 0. The van der Waals surface area contributed by atoms with E-state index in [0.717, 1.165) is 28.0 Å². The first-order valence-electron chi connectivity index (χ1n) is 9.45. The molecule has 4 aromatic rings. The zero-order valence-corrected chi connectivity index (χ0v) is 16.0. The average molecular weight is 388 g/mol. The maximum atomic E-state index is 13.9. The van der Waals surface area contributed by atoms with Crippen LogP contribution in [0.3, 0.4) is 0 Å². The van der Waals surface area contributed by atoms with Gasteiger partial charge >= 0.3 is 0 Å². The fraction of sp³-hybridized carbons (Fsp3) is 0.174. The van der Waals surface area contributed by atoms with E-state index in [4.69, 9.17) is 0 Å². The molecule has 3 aromatic heterocycles. The lowest BCUT2D eigenvalue weighted by atomic mass is 9.92. The van der Waals surface area contributed by atoms with E-state index < -0.39 is 0 Å². The molecule has 0 spiro atoms. The van der Waals surface area contributed by atoms with Crippen LogP contribution in [0.5, 0.6) is 0 Å². The van der Waals surface area contributed by atoms with Gasteiger partial charge in [-0.25, -0.2) is 9.37 Å². The summed E-state index contributed by atoms with van der Waals surface area (Å²) in [6, 6.07) is 14.1. The van der Waals surface area contributed by atoms with E-state index in [2.05, 4.69) is 15.3 Å². The average Bonchev–Trinajstić information content (AvgIpc) is 3.16. The monoisotopic (exact) mass is 388 g/mol. The molecule has 0 aliphatic heterocycles. The second-order valence-electron chi connectivity index (χ2n) is 7.02. The lowest BCUT2D eigenvalue weighted by Gasteiger charge is -2.18. The van der Waals surface area contributed by atoms with Crippen LogP contribution in [0.1, 0.15) is 34.7 Å². The summed E-state index contributed by atoms with van der Waals surface area (Å²) in [7, 11) is 0. The lowest BCUT2D eigenvalue weighted by Crippen LogP contribution is -2.25. The number of aromatic nitrogens is 3. The number of pyridine rings is 2. The number of fused-ring (bicyclic) bond motifs is 1. The molecule has 29 heavy (non-hydrogen) atoms. The normalized spacial score (nSPS) is 12.1. The number of benzene rings is 1. The second kappa shape index (κ2) is 8.22. The molecule has 0 saturated carbocycles. The smallest absolute Gasteiger partial charge is 0.221 e. The number of carbonyl (C=O) groups excluding carboxylic acids is 1. The van der Waals surface area contributed by atoms with Gasteiger partial charge in [-0.1, -0.05) is 24.3 Å². The Morgan fingerprint density at radius 2 is 2.07 bits per heavy atom. The van der Waals surface area contributed by atoms with Gasteiger partial charge in [0.25, 0.3) is 0 Å². The molecule has 1 unspecified atom stereocenters. The Kier molecular flexibility index (Phi) is 5.33. The Morgan fingerprint density at radius 3 is 2.86 bits per heavy atom. The highest BCUT2D eigenvalue weighted by molar-refractivity contribution is 5.77. The van der Waals surface area contributed by atoms with Crippen LogP contribution in [0, 0.1) is 12.7 Å². The number of carbonyl (C=O) groups is 1. The summed E-state index contributed by atoms with van der Waals surface area (Å²) in [5.74, 6) is -0.768. The molecule has 0 fully saturated rings. The highest BCUT2D eigenvalue weighted by Gasteiger charge is 2.22. The Morgan fingerprint density at radius 1 is 1.17 bits per heavy atom. The maximum Gasteiger partial charge on any atom is 0.221 e. The molecule has 6 heteroatoms. The Hall–Kier alpha value is -3.54. The summed E-state index contributed by atoms with van der Waals surface area (Å²) in [6.07, 6.45) is 7.29. The van der Waals surface area contributed by atoms with Gasteiger partial charge in [0.1, 0.15) is 11.5 Å². The van der Waals surface area contributed by atoms with E-state index in [1.807, 2.05) is 47.9 Å². The molecule has 0 aliphatic rings. The predicted octanol–water partition coefficient (Wildman–Crippen LogP) is 4.02. The van der Waals surface area contributed by atoms with Gasteiger partial charge in [0, 0.05) is 43.7 Å². The number of hydrogen-bond acceptors (Lipinski definition) is 3. The van der Waals surface area contributed by atoms with Crippen LogP contribution >= 0.6 is 0 Å². The molecule has 0 radical (unpaired) electrons. The topological polar surface area (TPSA) is 59.3 Å². The zero-order valence-electron chi connectivity index (χ0n) is 16.0. The van der Waals surface area contributed by atoms with Crippen molar-refractivity contribution in [1.29, 1.82) is 0 Å². The predicted molar refractivity (Wildman–Crippen MR) is 109 cm³/mol. The summed E-state index contributed by atoms with van der Waals surface area (Å²) in [6.45, 7) is 2.39. The fourth-order valence-corrected chi connectivity index (χ4v) is 3.51. The van der Waals surface area contributed by atoms with Crippen molar-refractivity contribution in [3.63, 3.8) is 0 Å². The van der Waals surface area contributed by atoms with Gasteiger partial charge in [-0.2, -0.15) is 0 Å². The molecule has 1 amide bonds. The molecule has 5 nitrogen and oxygen atoms in total. The van der Waals surface area contributed by atoms with E-state index >= 15 is 0 Å². The van der Waals surface area contributed by atoms with Gasteiger partial charge in [-0.3, -0.25) is 9.78 Å². The molecule has 1 atom stereocenters. The quantitative estimate of drug-likeness (QED) is 0.543. The first-order chi connectivity index (χ1) is 14.1. The number of halogens is 1. The van der Waals surface area contributed by atoms with Gasteiger partial charge in [-0.15, -0.1) is 0 Å². The van der Waals surface area contributed by atoms with E-state index in [9.17, 15) is 9.18 Å².